The van der Waals surface area contributed by atoms with Crippen LogP contribution in [-0.4, -0.2) is 44.6 Å². The van der Waals surface area contributed by atoms with Crippen LogP contribution in [0.1, 0.15) is 77.6 Å². The summed E-state index contributed by atoms with van der Waals surface area (Å²) in [5.41, 5.74) is 0. The number of carbonyl (C=O) groups excluding carboxylic acids is 1. The van der Waals surface area contributed by atoms with Gasteiger partial charge in [-0.3, -0.25) is 4.79 Å². The Hall–Kier alpha value is 0.160. The van der Waals surface area contributed by atoms with Crippen LogP contribution >= 0.6 is 0 Å². The van der Waals surface area contributed by atoms with Crippen LogP contribution in [0.3, 0.4) is 0 Å². The van der Waals surface area contributed by atoms with Crippen LogP contribution in [0.5, 0.6) is 0 Å². The molecule has 0 heterocycles. The third kappa shape index (κ3) is 20.2. The van der Waals surface area contributed by atoms with E-state index in [-0.39, 0.29) is 29.9 Å². The van der Waals surface area contributed by atoms with E-state index in [1.807, 2.05) is 0 Å². The molecule has 0 saturated heterocycles. The Labute approximate surface area is 156 Å². The van der Waals surface area contributed by atoms with E-state index in [9.17, 15) is 4.79 Å². The topological polar surface area (TPSA) is 29.1 Å². The molecule has 0 atom stereocenters. The number of halogens is 1. The molecule has 1 amide bonds. The molecular formula is C18H39IN2O. The average Bonchev–Trinajstić information content (AvgIpc) is 2.41. The lowest BCUT2D eigenvalue weighted by molar-refractivity contribution is -0.870. The molecule has 134 valence electrons. The summed E-state index contributed by atoms with van der Waals surface area (Å²) in [4.78, 5) is 11.7. The Morgan fingerprint density at radius 2 is 1.32 bits per heavy atom. The van der Waals surface area contributed by atoms with Gasteiger partial charge < -0.3 is 33.8 Å². The van der Waals surface area contributed by atoms with E-state index in [0.29, 0.717) is 6.42 Å². The van der Waals surface area contributed by atoms with Crippen LogP contribution in [0, 0.1) is 0 Å². The fourth-order valence-corrected chi connectivity index (χ4v) is 2.47. The van der Waals surface area contributed by atoms with Gasteiger partial charge in [-0.05, 0) is 6.42 Å². The minimum atomic E-state index is 0. The highest BCUT2D eigenvalue weighted by Crippen LogP contribution is 2.10. The molecule has 0 aliphatic carbocycles. The van der Waals surface area contributed by atoms with E-state index >= 15 is 0 Å². The third-order valence-corrected chi connectivity index (χ3v) is 3.84. The molecule has 0 aliphatic heterocycles. The van der Waals surface area contributed by atoms with Crippen molar-refractivity contribution in [2.75, 3.05) is 34.2 Å². The summed E-state index contributed by atoms with van der Waals surface area (Å²) in [7, 11) is 6.55. The highest BCUT2D eigenvalue weighted by atomic mass is 127. The summed E-state index contributed by atoms with van der Waals surface area (Å²) in [6.07, 6.45) is 13.5. The van der Waals surface area contributed by atoms with Gasteiger partial charge in [0.25, 0.3) is 0 Å². The van der Waals surface area contributed by atoms with Crippen LogP contribution in [0.4, 0.5) is 0 Å². The van der Waals surface area contributed by atoms with E-state index in [1.54, 1.807) is 0 Å². The van der Waals surface area contributed by atoms with Crippen molar-refractivity contribution >= 4 is 5.91 Å². The van der Waals surface area contributed by atoms with Gasteiger partial charge in [0.1, 0.15) is 0 Å². The second kappa shape index (κ2) is 16.0. The molecule has 0 bridgehead atoms. The lowest BCUT2D eigenvalue weighted by Gasteiger charge is -2.23. The third-order valence-electron chi connectivity index (χ3n) is 3.84. The molecule has 4 heteroatoms. The standard InChI is InChI=1S/C18H38N2O.HI/c1-5-6-7-8-9-10-11-12-13-15-18(21)19-16-14-17-20(2,3)4;/h5-17H2,1-4H3;1H. The Morgan fingerprint density at radius 3 is 1.82 bits per heavy atom. The summed E-state index contributed by atoms with van der Waals surface area (Å²) in [6.45, 7) is 4.19. The molecule has 1 N–H and O–H groups in total. The van der Waals surface area contributed by atoms with Gasteiger partial charge in [0.05, 0.1) is 27.7 Å². The van der Waals surface area contributed by atoms with Gasteiger partial charge in [-0.2, -0.15) is 0 Å². The van der Waals surface area contributed by atoms with E-state index in [2.05, 4.69) is 33.4 Å². The SMILES string of the molecule is CCCCCCCCCCCC(=O)NCCC[N+](C)(C)C.[I-]. The molecular weight excluding hydrogens is 387 g/mol. The summed E-state index contributed by atoms with van der Waals surface area (Å²) in [6, 6.07) is 0. The summed E-state index contributed by atoms with van der Waals surface area (Å²) >= 11 is 0. The first-order valence-corrected chi connectivity index (χ1v) is 9.03. The van der Waals surface area contributed by atoms with Gasteiger partial charge in [0, 0.05) is 19.4 Å². The number of unbranched alkanes of at least 4 members (excludes halogenated alkanes) is 8. The lowest BCUT2D eigenvalue weighted by Crippen LogP contribution is -3.00. The molecule has 0 aromatic heterocycles. The molecule has 22 heavy (non-hydrogen) atoms. The van der Waals surface area contributed by atoms with E-state index in [1.165, 1.54) is 51.4 Å². The smallest absolute Gasteiger partial charge is 0.219 e. The number of amides is 1. The number of hydrogen-bond acceptors (Lipinski definition) is 1. The second-order valence-electron chi connectivity index (χ2n) is 7.30. The fraction of sp³-hybridized carbons (Fsp3) is 0.944. The number of rotatable bonds is 14. The molecule has 0 unspecified atom stereocenters. The van der Waals surface area contributed by atoms with Crippen molar-refractivity contribution in [1.29, 1.82) is 0 Å². The van der Waals surface area contributed by atoms with Crippen LogP contribution < -0.4 is 29.3 Å². The molecule has 0 aliphatic rings. The lowest BCUT2D eigenvalue weighted by atomic mass is 10.1. The van der Waals surface area contributed by atoms with Crippen molar-refractivity contribution in [3.63, 3.8) is 0 Å². The van der Waals surface area contributed by atoms with Gasteiger partial charge in [-0.25, -0.2) is 0 Å². The van der Waals surface area contributed by atoms with E-state index in [0.717, 1.165) is 30.4 Å². The zero-order chi connectivity index (χ0) is 16.0. The minimum Gasteiger partial charge on any atom is -1.00 e. The monoisotopic (exact) mass is 426 g/mol. The van der Waals surface area contributed by atoms with Crippen molar-refractivity contribution in [3.8, 4) is 0 Å². The minimum absolute atomic E-state index is 0. The molecule has 0 aromatic rings. The number of nitrogens with zero attached hydrogens (tertiary/aromatic N) is 1. The maximum absolute atomic E-state index is 11.7. The van der Waals surface area contributed by atoms with Gasteiger partial charge in [-0.15, -0.1) is 0 Å². The molecule has 0 rings (SSSR count). The van der Waals surface area contributed by atoms with E-state index in [4.69, 9.17) is 0 Å². The van der Waals surface area contributed by atoms with Crippen LogP contribution in [-0.2, 0) is 4.79 Å². The number of quaternary nitrogens is 1. The van der Waals surface area contributed by atoms with Crippen LogP contribution in [0.15, 0.2) is 0 Å². The fourth-order valence-electron chi connectivity index (χ4n) is 2.47. The zero-order valence-electron chi connectivity index (χ0n) is 15.4. The summed E-state index contributed by atoms with van der Waals surface area (Å²) in [5, 5.41) is 3.03. The van der Waals surface area contributed by atoms with Crippen molar-refractivity contribution in [1.82, 2.24) is 5.32 Å². The van der Waals surface area contributed by atoms with Gasteiger partial charge in [0.2, 0.25) is 5.91 Å². The molecule has 3 nitrogen and oxygen atoms in total. The van der Waals surface area contributed by atoms with Gasteiger partial charge >= 0.3 is 0 Å². The molecule has 0 spiro atoms. The first-order valence-electron chi connectivity index (χ1n) is 9.03. The largest absolute Gasteiger partial charge is 1.00 e. The Kier molecular flexibility index (Phi) is 17.8. The van der Waals surface area contributed by atoms with Gasteiger partial charge in [-0.1, -0.05) is 58.3 Å². The first-order chi connectivity index (χ1) is 9.95. The van der Waals surface area contributed by atoms with E-state index < -0.39 is 0 Å². The molecule has 0 saturated carbocycles. The Morgan fingerprint density at radius 1 is 0.818 bits per heavy atom. The highest BCUT2D eigenvalue weighted by Gasteiger charge is 2.06. The summed E-state index contributed by atoms with van der Waals surface area (Å²) in [5.74, 6) is 0.236. The quantitative estimate of drug-likeness (QED) is 0.252. The molecule has 0 radical (unpaired) electrons. The maximum atomic E-state index is 11.7. The molecule has 0 aromatic carbocycles. The molecule has 0 fully saturated rings. The van der Waals surface area contributed by atoms with Crippen molar-refractivity contribution in [3.05, 3.63) is 0 Å². The highest BCUT2D eigenvalue weighted by molar-refractivity contribution is 5.75. The van der Waals surface area contributed by atoms with Crippen molar-refractivity contribution < 1.29 is 33.3 Å². The van der Waals surface area contributed by atoms with Crippen molar-refractivity contribution in [2.45, 2.75) is 77.6 Å². The van der Waals surface area contributed by atoms with Gasteiger partial charge in [0.15, 0.2) is 0 Å². The number of hydrogen-bond donors (Lipinski definition) is 1. The Balaban J connectivity index is 0. The second-order valence-corrected chi connectivity index (χ2v) is 7.30. The zero-order valence-corrected chi connectivity index (χ0v) is 17.6. The summed E-state index contributed by atoms with van der Waals surface area (Å²) < 4.78 is 0.966. The van der Waals surface area contributed by atoms with Crippen LogP contribution in [0.25, 0.3) is 0 Å². The van der Waals surface area contributed by atoms with Crippen molar-refractivity contribution in [2.24, 2.45) is 0 Å². The first kappa shape index (κ1) is 24.4. The normalized spacial score (nSPS) is 11.1. The maximum Gasteiger partial charge on any atom is 0.219 e. The number of nitrogens with one attached hydrogen (secondary N) is 1. The Bertz CT molecular complexity index is 252. The average molecular weight is 426 g/mol. The predicted molar refractivity (Wildman–Crippen MR) is 92.4 cm³/mol. The van der Waals surface area contributed by atoms with Crippen LogP contribution in [0.2, 0.25) is 0 Å². The number of carbonyl (C=O) groups is 1. The predicted octanol–water partition coefficient (Wildman–Crippen LogP) is 1.12.